The molecule has 6 aliphatic rings. The van der Waals surface area contributed by atoms with Gasteiger partial charge in [-0.2, -0.15) is 5.10 Å². The first kappa shape index (κ1) is 37.9. The number of anilines is 2. The fourth-order valence-electron chi connectivity index (χ4n) is 9.84. The number of fused-ring (bicyclic) bond motifs is 2. The molecule has 1 aliphatic carbocycles. The summed E-state index contributed by atoms with van der Waals surface area (Å²) in [4.78, 5) is 66.5. The molecule has 1 unspecified atom stereocenters. The maximum absolute atomic E-state index is 13.4. The van der Waals surface area contributed by atoms with Crippen molar-refractivity contribution in [2.45, 2.75) is 69.9 Å². The third-order valence-electron chi connectivity index (χ3n) is 13.7. The number of H-pyrrole nitrogens is 1. The van der Waals surface area contributed by atoms with Crippen LogP contribution in [0.5, 0.6) is 5.75 Å². The maximum Gasteiger partial charge on any atom is 0.262 e. The Bertz CT molecular complexity index is 2280. The van der Waals surface area contributed by atoms with E-state index in [1.807, 2.05) is 24.4 Å². The zero-order valence-electron chi connectivity index (χ0n) is 33.8. The lowest BCUT2D eigenvalue weighted by Crippen LogP contribution is -2.54. The van der Waals surface area contributed by atoms with Crippen LogP contribution in [0.3, 0.4) is 0 Å². The Morgan fingerprint density at radius 2 is 1.42 bits per heavy atom. The summed E-state index contributed by atoms with van der Waals surface area (Å²) in [7, 11) is 0. The Hall–Kier alpha value is -5.34. The zero-order chi connectivity index (χ0) is 40.3. The summed E-state index contributed by atoms with van der Waals surface area (Å²) in [5.41, 5.74) is 4.58. The highest BCUT2D eigenvalue weighted by molar-refractivity contribution is 6.23. The SMILES string of the molecule is CC1(Oc2ccc3[nH]nc(-c4ccnc(N5CCC(CN6CCN(CC7CCN(c8ccc9c(c8)C(=O)N(C8CCC(=O)NC8=O)C9=O)CC7)CC6)CC5)c4)c3c2)CC1. The molecule has 0 radical (unpaired) electrons. The third kappa shape index (κ3) is 7.68. The van der Waals surface area contributed by atoms with Crippen molar-refractivity contribution in [3.8, 4) is 17.0 Å². The van der Waals surface area contributed by atoms with Gasteiger partial charge in [0.1, 0.15) is 28.9 Å². The molecule has 2 aromatic carbocycles. The molecular formula is C45H53N9O5. The van der Waals surface area contributed by atoms with Gasteiger partial charge < -0.3 is 24.3 Å². The molecule has 0 bridgehead atoms. The number of ether oxygens (including phenoxy) is 1. The Labute approximate surface area is 344 Å². The van der Waals surface area contributed by atoms with Gasteiger partial charge >= 0.3 is 0 Å². The van der Waals surface area contributed by atoms with Crippen LogP contribution in [-0.2, 0) is 9.59 Å². The molecule has 14 heteroatoms. The average molecular weight is 800 g/mol. The lowest BCUT2D eigenvalue weighted by molar-refractivity contribution is -0.136. The van der Waals surface area contributed by atoms with Gasteiger partial charge in [0.05, 0.1) is 16.6 Å². The van der Waals surface area contributed by atoms with Crippen LogP contribution in [0.25, 0.3) is 22.2 Å². The van der Waals surface area contributed by atoms with Crippen LogP contribution in [0.15, 0.2) is 54.7 Å². The first-order valence-corrected chi connectivity index (χ1v) is 21.6. The topological polar surface area (TPSA) is 147 Å². The van der Waals surface area contributed by atoms with Crippen LogP contribution >= 0.6 is 0 Å². The van der Waals surface area contributed by atoms with E-state index in [-0.39, 0.29) is 24.3 Å². The van der Waals surface area contributed by atoms with E-state index >= 15 is 0 Å². The number of hydrogen-bond donors (Lipinski definition) is 2. The van der Waals surface area contributed by atoms with Gasteiger partial charge in [-0.15, -0.1) is 0 Å². The van der Waals surface area contributed by atoms with Crippen LogP contribution in [0, 0.1) is 11.8 Å². The van der Waals surface area contributed by atoms with Gasteiger partial charge in [0.2, 0.25) is 11.8 Å². The second-order valence-electron chi connectivity index (χ2n) is 17.9. The summed E-state index contributed by atoms with van der Waals surface area (Å²) >= 11 is 0. The first-order chi connectivity index (χ1) is 28.7. The molecule has 59 heavy (non-hydrogen) atoms. The first-order valence-electron chi connectivity index (χ1n) is 21.6. The number of nitrogens with zero attached hydrogens (tertiary/aromatic N) is 7. The number of pyridine rings is 1. The van der Waals surface area contributed by atoms with Gasteiger partial charge in [-0.05, 0) is 112 Å². The minimum absolute atomic E-state index is 0.0263. The summed E-state index contributed by atoms with van der Waals surface area (Å²) in [6.07, 6.45) is 8.88. The normalized spacial score (nSPS) is 23.3. The van der Waals surface area contributed by atoms with Crippen molar-refractivity contribution >= 4 is 46.0 Å². The van der Waals surface area contributed by atoms with Gasteiger partial charge in [-0.25, -0.2) is 4.98 Å². The standard InChI is InChI=1S/C45H53N9O5/c1-45(13-14-45)59-33-3-5-37-36(26-33)41(49-48-37)31-8-15-46-39(24-31)53-18-11-30(12-19-53)28-51-22-20-50(21-23-51)27-29-9-16-52(17-10-29)32-2-4-34-35(25-32)44(58)54(43(34)57)38-6-7-40(55)47-42(38)56/h2-5,8,15,24-26,29-30,38H,6-7,9-14,16-23,27-28H2,1H3,(H,48,49)(H,47,55,56). The van der Waals surface area contributed by atoms with Gasteiger partial charge in [0.25, 0.3) is 11.8 Å². The summed E-state index contributed by atoms with van der Waals surface area (Å²) in [6, 6.07) is 14.9. The van der Waals surface area contributed by atoms with E-state index in [0.29, 0.717) is 23.0 Å². The van der Waals surface area contributed by atoms with Crippen LogP contribution in [0.2, 0.25) is 0 Å². The van der Waals surface area contributed by atoms with Crippen molar-refractivity contribution in [2.75, 3.05) is 75.2 Å². The molecule has 2 aromatic heterocycles. The number of aromatic amines is 1. The molecule has 5 aliphatic heterocycles. The molecule has 1 saturated carbocycles. The minimum atomic E-state index is -0.950. The smallest absolute Gasteiger partial charge is 0.262 e. The Morgan fingerprint density at radius 1 is 0.746 bits per heavy atom. The largest absolute Gasteiger partial charge is 0.488 e. The number of imide groups is 2. The van der Waals surface area contributed by atoms with Crippen molar-refractivity contribution in [3.63, 3.8) is 0 Å². The van der Waals surface area contributed by atoms with E-state index in [9.17, 15) is 19.2 Å². The van der Waals surface area contributed by atoms with E-state index in [1.54, 1.807) is 6.07 Å². The molecule has 4 aromatic rings. The molecule has 10 rings (SSSR count). The number of piperazine rings is 1. The average Bonchev–Trinajstić information content (AvgIpc) is 3.73. The number of benzene rings is 2. The van der Waals surface area contributed by atoms with E-state index in [0.717, 1.165) is 135 Å². The predicted molar refractivity (Wildman–Crippen MR) is 223 cm³/mol. The molecule has 5 fully saturated rings. The van der Waals surface area contributed by atoms with Gasteiger partial charge in [-0.3, -0.25) is 34.5 Å². The number of hydrogen-bond acceptors (Lipinski definition) is 11. The number of nitrogens with one attached hydrogen (secondary N) is 2. The number of carbonyl (C=O) groups excluding carboxylic acids is 4. The number of carbonyl (C=O) groups is 4. The predicted octanol–water partition coefficient (Wildman–Crippen LogP) is 4.71. The Kier molecular flexibility index (Phi) is 9.87. The highest BCUT2D eigenvalue weighted by Crippen LogP contribution is 2.41. The third-order valence-corrected chi connectivity index (χ3v) is 13.7. The highest BCUT2D eigenvalue weighted by Gasteiger charge is 2.45. The van der Waals surface area contributed by atoms with Crippen LogP contribution in [-0.4, -0.2) is 131 Å². The summed E-state index contributed by atoms with van der Waals surface area (Å²) in [5.74, 6) is 1.36. The number of rotatable bonds is 10. The van der Waals surface area contributed by atoms with E-state index in [2.05, 4.69) is 61.2 Å². The number of aromatic nitrogens is 3. The quantitative estimate of drug-likeness (QED) is 0.215. The van der Waals surface area contributed by atoms with Crippen molar-refractivity contribution in [1.29, 1.82) is 0 Å². The maximum atomic E-state index is 13.4. The van der Waals surface area contributed by atoms with Gasteiger partial charge in [-0.1, -0.05) is 0 Å². The number of amides is 4. The minimum Gasteiger partial charge on any atom is -0.488 e. The molecule has 14 nitrogen and oxygen atoms in total. The van der Waals surface area contributed by atoms with E-state index in [1.165, 1.54) is 12.8 Å². The highest BCUT2D eigenvalue weighted by atomic mass is 16.5. The molecule has 7 heterocycles. The fraction of sp³-hybridized carbons (Fsp3) is 0.511. The molecule has 308 valence electrons. The Balaban J connectivity index is 0.666. The van der Waals surface area contributed by atoms with Gasteiger partial charge in [0, 0.05) is 94.7 Å². The van der Waals surface area contributed by atoms with E-state index in [4.69, 9.17) is 14.8 Å². The van der Waals surface area contributed by atoms with Crippen molar-refractivity contribution in [3.05, 3.63) is 65.9 Å². The Morgan fingerprint density at radius 3 is 2.10 bits per heavy atom. The van der Waals surface area contributed by atoms with Crippen LogP contribution in [0.1, 0.15) is 79.0 Å². The molecule has 4 amide bonds. The van der Waals surface area contributed by atoms with E-state index < -0.39 is 23.8 Å². The summed E-state index contributed by atoms with van der Waals surface area (Å²) in [6.45, 7) is 12.7. The molecule has 0 spiro atoms. The van der Waals surface area contributed by atoms with Gasteiger partial charge in [0.15, 0.2) is 0 Å². The molecular weight excluding hydrogens is 747 g/mol. The lowest BCUT2D eigenvalue weighted by atomic mass is 9.94. The zero-order valence-corrected chi connectivity index (χ0v) is 33.8. The molecule has 2 N–H and O–H groups in total. The van der Waals surface area contributed by atoms with Crippen molar-refractivity contribution in [2.24, 2.45) is 11.8 Å². The van der Waals surface area contributed by atoms with Crippen LogP contribution in [0.4, 0.5) is 11.5 Å². The number of piperidine rings is 3. The summed E-state index contributed by atoms with van der Waals surface area (Å²) < 4.78 is 6.25. The van der Waals surface area contributed by atoms with Crippen molar-refractivity contribution < 1.29 is 23.9 Å². The monoisotopic (exact) mass is 799 g/mol. The fourth-order valence-corrected chi connectivity index (χ4v) is 9.84. The summed E-state index contributed by atoms with van der Waals surface area (Å²) in [5, 5.41) is 11.2. The lowest BCUT2D eigenvalue weighted by Gasteiger charge is -2.41. The molecule has 4 saturated heterocycles. The second-order valence-corrected chi connectivity index (χ2v) is 17.9. The van der Waals surface area contributed by atoms with Crippen LogP contribution < -0.4 is 19.9 Å². The molecule has 1 atom stereocenters. The van der Waals surface area contributed by atoms with Crippen molar-refractivity contribution in [1.82, 2.24) is 35.2 Å². The second kappa shape index (κ2) is 15.4.